The molecule has 3 amide bonds. The lowest BCUT2D eigenvalue weighted by Crippen LogP contribution is -2.62. The van der Waals surface area contributed by atoms with Crippen molar-refractivity contribution in [2.24, 2.45) is 11.8 Å². The first kappa shape index (κ1) is 42.6. The molecule has 2 saturated heterocycles. The molecule has 4 bridgehead atoms. The Morgan fingerprint density at radius 2 is 1.92 bits per heavy atom. The number of carbonyl (C=O) groups is 4. The summed E-state index contributed by atoms with van der Waals surface area (Å²) in [6.07, 6.45) is 1.75. The fourth-order valence-corrected chi connectivity index (χ4v) is 7.92. The zero-order valence-corrected chi connectivity index (χ0v) is 33.3. The van der Waals surface area contributed by atoms with E-state index in [9.17, 15) is 34.5 Å². The number of rotatable bonds is 9. The molecule has 2 fully saturated rings. The lowest BCUT2D eigenvalue weighted by atomic mass is 9.81. The van der Waals surface area contributed by atoms with Crippen LogP contribution in [0.5, 0.6) is 0 Å². The third-order valence-corrected chi connectivity index (χ3v) is 12.0. The van der Waals surface area contributed by atoms with Gasteiger partial charge in [0.2, 0.25) is 11.8 Å². The van der Waals surface area contributed by atoms with Crippen molar-refractivity contribution in [1.82, 2.24) is 10.2 Å². The number of alkyl carbamates (subject to hydrolysis) is 1. The maximum Gasteiger partial charge on any atom is 0.409 e. The lowest BCUT2D eigenvalue weighted by Gasteiger charge is -2.42. The minimum atomic E-state index is -1.86. The van der Waals surface area contributed by atoms with E-state index >= 15 is 0 Å². The van der Waals surface area contributed by atoms with Gasteiger partial charge in [-0.1, -0.05) is 62.2 Å². The number of hydrogen-bond donors (Lipinski definition) is 4. The number of nitrogens with one attached hydrogen (secondary N) is 1. The highest BCUT2D eigenvalue weighted by molar-refractivity contribution is 7.99. The Hall–Kier alpha value is -3.14. The van der Waals surface area contributed by atoms with Crippen LogP contribution in [0.2, 0.25) is 5.02 Å². The summed E-state index contributed by atoms with van der Waals surface area (Å²) in [7, 11) is 3.08. The van der Waals surface area contributed by atoms with Crippen molar-refractivity contribution >= 4 is 52.9 Å². The van der Waals surface area contributed by atoms with E-state index in [4.69, 9.17) is 25.8 Å². The summed E-state index contributed by atoms with van der Waals surface area (Å²) in [6, 6.07) is 2.53. The maximum atomic E-state index is 14.1. The Morgan fingerprint density at radius 3 is 2.57 bits per heavy atom. The molecule has 1 aromatic rings. The number of carbonyl (C=O) groups excluding carboxylic acids is 4. The second-order valence-corrected chi connectivity index (χ2v) is 16.9. The molecular weight excluding hydrogens is 726 g/mol. The summed E-state index contributed by atoms with van der Waals surface area (Å²) in [5.74, 6) is -2.27. The Labute approximate surface area is 321 Å². The van der Waals surface area contributed by atoms with Crippen molar-refractivity contribution in [3.8, 4) is 0 Å². The van der Waals surface area contributed by atoms with E-state index in [2.05, 4.69) is 5.32 Å². The molecule has 4 N–H and O–H groups in total. The third-order valence-electron chi connectivity index (χ3n) is 10.5. The number of likely N-dealkylation sites (N-methyl/N-ethyl adjacent to an activating group) is 1. The van der Waals surface area contributed by atoms with Gasteiger partial charge >= 0.3 is 12.1 Å². The number of halogens is 1. The predicted octanol–water partition coefficient (Wildman–Crippen LogP) is 4.12. The first-order valence-corrected chi connectivity index (χ1v) is 19.4. The second kappa shape index (κ2) is 17.5. The Morgan fingerprint density at radius 1 is 1.23 bits per heavy atom. The summed E-state index contributed by atoms with van der Waals surface area (Å²) in [5, 5.41) is 35.2. The number of thioether (sulfide) groups is 1. The van der Waals surface area contributed by atoms with Gasteiger partial charge in [0.1, 0.15) is 23.9 Å². The van der Waals surface area contributed by atoms with Gasteiger partial charge in [0.25, 0.3) is 0 Å². The average molecular weight is 780 g/mol. The highest BCUT2D eigenvalue weighted by Crippen LogP contribution is 2.49. The molecule has 0 saturated carbocycles. The van der Waals surface area contributed by atoms with E-state index < -0.39 is 72.1 Å². The Kier molecular flexibility index (Phi) is 14.1. The zero-order valence-electron chi connectivity index (χ0n) is 31.8. The first-order valence-electron chi connectivity index (χ1n) is 17.9. The number of fused-ring (bicyclic) bond motifs is 5. The number of amides is 3. The fourth-order valence-electron chi connectivity index (χ4n) is 6.86. The quantitative estimate of drug-likeness (QED) is 0.209. The number of esters is 1. The summed E-state index contributed by atoms with van der Waals surface area (Å²) in [6.45, 7) is 10.1. The van der Waals surface area contributed by atoms with Crippen molar-refractivity contribution in [3.63, 3.8) is 0 Å². The fraction of sp³-hybridized carbons (Fsp3) is 0.632. The van der Waals surface area contributed by atoms with Crippen LogP contribution in [0.4, 0.5) is 10.5 Å². The predicted molar refractivity (Wildman–Crippen MR) is 202 cm³/mol. The molecule has 13 nitrogen and oxygen atoms in total. The summed E-state index contributed by atoms with van der Waals surface area (Å²) < 4.78 is 17.9. The largest absolute Gasteiger partial charge is 0.457 e. The van der Waals surface area contributed by atoms with Gasteiger partial charge in [-0.3, -0.25) is 14.9 Å². The number of epoxide rings is 1. The average Bonchev–Trinajstić information content (AvgIpc) is 3.79. The van der Waals surface area contributed by atoms with E-state index in [-0.39, 0.29) is 36.8 Å². The maximum absolute atomic E-state index is 14.1. The van der Waals surface area contributed by atoms with Crippen LogP contribution in [0.15, 0.2) is 35.9 Å². The van der Waals surface area contributed by atoms with Crippen LogP contribution in [0, 0.1) is 11.8 Å². The van der Waals surface area contributed by atoms with Crippen molar-refractivity contribution in [1.29, 1.82) is 0 Å². The SMILES string of the molecule is C/C1=C\C=C\[C@@H](CO)[C@@]2(O)C[C@H](OC(=O)N2)[C@@H](C)[C@@H]2O[C@@]2(C)[C@@H](OC(=O)[C@H](C)N(C)C(=O)CCSC(C)C)CC(=O)N(C)c2cc(cc(CO)c2Cl)C1. The number of anilines is 1. The zero-order chi connectivity index (χ0) is 39.4. The molecule has 4 rings (SSSR count). The molecule has 0 aromatic heterocycles. The highest BCUT2D eigenvalue weighted by atomic mass is 35.5. The molecular formula is C38H54ClN3O10S. The summed E-state index contributed by atoms with van der Waals surface area (Å²) in [4.78, 5) is 56.3. The molecule has 0 spiro atoms. The van der Waals surface area contributed by atoms with Crippen LogP contribution in [-0.2, 0) is 41.6 Å². The second-order valence-electron chi connectivity index (χ2n) is 14.8. The number of aliphatic hydroxyl groups excluding tert-OH is 2. The molecule has 8 atom stereocenters. The molecule has 53 heavy (non-hydrogen) atoms. The molecule has 0 unspecified atom stereocenters. The molecule has 294 valence electrons. The smallest absolute Gasteiger partial charge is 0.409 e. The Bertz CT molecular complexity index is 1610. The van der Waals surface area contributed by atoms with Gasteiger partial charge in [0, 0.05) is 44.5 Å². The number of allylic oxidation sites excluding steroid dienone is 3. The van der Waals surface area contributed by atoms with E-state index in [0.717, 1.165) is 11.1 Å². The van der Waals surface area contributed by atoms with Gasteiger partial charge in [-0.05, 0) is 49.6 Å². The van der Waals surface area contributed by atoms with Gasteiger partial charge in [0.05, 0.1) is 36.4 Å². The first-order chi connectivity index (χ1) is 24.8. The van der Waals surface area contributed by atoms with E-state index in [1.54, 1.807) is 63.9 Å². The van der Waals surface area contributed by atoms with Crippen molar-refractivity contribution < 1.29 is 48.7 Å². The molecule has 3 heterocycles. The van der Waals surface area contributed by atoms with Crippen LogP contribution in [0.1, 0.15) is 71.9 Å². The van der Waals surface area contributed by atoms with E-state index in [0.29, 0.717) is 28.7 Å². The van der Waals surface area contributed by atoms with Gasteiger partial charge in [-0.15, -0.1) is 0 Å². The van der Waals surface area contributed by atoms with Gasteiger partial charge in [-0.2, -0.15) is 11.8 Å². The standard InChI is InChI=1S/C38H54ClN3O10S/c1-21(2)53-13-12-31(45)41(7)24(5)35(47)51-30-17-32(46)42(8)28-16-25(15-26(19-43)33(28)39)14-22(3)10-9-11-27(20-44)38(49)18-29(50-36(48)40-38)23(4)34-37(30,6)52-34/h9-11,15-16,21,23-24,27,29-30,34,43-44,49H,12-14,17-20H2,1-8H3,(H,40,48)/b11-9+,22-10+/t23-,24+,27+,29+,30+,34+,37+,38+/m1/s1. The number of aliphatic hydroxyl groups is 3. The number of ether oxygens (including phenoxy) is 3. The van der Waals surface area contributed by atoms with Crippen LogP contribution in [-0.4, -0.2) is 111 Å². The molecule has 3 aliphatic rings. The Balaban J connectivity index is 1.73. The summed E-state index contributed by atoms with van der Waals surface area (Å²) in [5.41, 5.74) is -0.691. The molecule has 1 aromatic carbocycles. The number of nitrogens with zero attached hydrogens (tertiary/aromatic N) is 2. The third kappa shape index (κ3) is 9.95. The van der Waals surface area contributed by atoms with Crippen LogP contribution in [0.25, 0.3) is 0 Å². The lowest BCUT2D eigenvalue weighted by molar-refractivity contribution is -0.161. The number of hydrogen-bond acceptors (Lipinski definition) is 11. The molecule has 3 aliphatic heterocycles. The minimum Gasteiger partial charge on any atom is -0.457 e. The van der Waals surface area contributed by atoms with Gasteiger partial charge < -0.3 is 39.3 Å². The monoisotopic (exact) mass is 779 g/mol. The van der Waals surface area contributed by atoms with Crippen molar-refractivity contribution in [2.75, 3.05) is 31.4 Å². The minimum absolute atomic E-state index is 0.0897. The van der Waals surface area contributed by atoms with Crippen LogP contribution < -0.4 is 10.2 Å². The number of benzene rings is 1. The van der Waals surface area contributed by atoms with Crippen molar-refractivity contribution in [3.05, 3.63) is 52.1 Å². The van der Waals surface area contributed by atoms with Gasteiger partial charge in [0.15, 0.2) is 5.72 Å². The van der Waals surface area contributed by atoms with E-state index in [1.165, 1.54) is 16.8 Å². The van der Waals surface area contributed by atoms with E-state index in [1.807, 2.05) is 26.8 Å². The topological polar surface area (TPSA) is 178 Å². The van der Waals surface area contributed by atoms with Crippen molar-refractivity contribution in [2.45, 2.75) is 115 Å². The highest BCUT2D eigenvalue weighted by Gasteiger charge is 2.64. The van der Waals surface area contributed by atoms with Crippen LogP contribution in [0.3, 0.4) is 0 Å². The van der Waals surface area contributed by atoms with Gasteiger partial charge in [-0.25, -0.2) is 9.59 Å². The molecule has 0 radical (unpaired) electrons. The van der Waals surface area contributed by atoms with Crippen LogP contribution >= 0.6 is 23.4 Å². The molecule has 15 heteroatoms. The molecule has 0 aliphatic carbocycles. The normalized spacial score (nSPS) is 31.4. The summed E-state index contributed by atoms with van der Waals surface area (Å²) >= 11 is 8.36.